The monoisotopic (exact) mass is 415 g/mol. The molecule has 2 N–H and O–H groups in total. The highest BCUT2D eigenvalue weighted by atomic mass is 79.9. The molecule has 3 rings (SSSR count). The zero-order valence-electron chi connectivity index (χ0n) is 11.8. The minimum atomic E-state index is -3.78. The van der Waals surface area contributed by atoms with Crippen molar-refractivity contribution in [3.8, 4) is 5.75 Å². The number of hydrogen-bond acceptors (Lipinski definition) is 3. The normalized spacial score (nSPS) is 11.5. The Morgan fingerprint density at radius 1 is 1.29 bits per heavy atom. The maximum Gasteiger partial charge on any atom is 0.487 e. The topological polar surface area (TPSA) is 67.0 Å². The highest BCUT2D eigenvalue weighted by molar-refractivity contribution is 9.10. The SMILES string of the molecule is O=C(Nc1ccc(OC(F)(F)Cl)cc1)c1cc(Br)c2nc[nH]c2c1. The first-order chi connectivity index (χ1) is 11.3. The predicted molar refractivity (Wildman–Crippen MR) is 89.6 cm³/mol. The molecule has 124 valence electrons. The molecule has 1 heterocycles. The van der Waals surface area contributed by atoms with Crippen LogP contribution in [0.15, 0.2) is 47.2 Å². The Hall–Kier alpha value is -2.19. The highest BCUT2D eigenvalue weighted by Gasteiger charge is 2.27. The molecule has 0 atom stereocenters. The first-order valence-electron chi connectivity index (χ1n) is 6.61. The standard InChI is InChI=1S/C15H9BrClF2N3O2/c16-11-5-8(6-12-13(11)21-7-20-12)14(23)22-9-1-3-10(4-2-9)24-15(17,18)19/h1-7H,(H,20,21)(H,22,23). The fourth-order valence-electron chi connectivity index (χ4n) is 2.08. The summed E-state index contributed by atoms with van der Waals surface area (Å²) in [5.41, 5.74) is -1.52. The van der Waals surface area contributed by atoms with E-state index in [1.165, 1.54) is 30.6 Å². The van der Waals surface area contributed by atoms with Gasteiger partial charge < -0.3 is 15.0 Å². The summed E-state index contributed by atoms with van der Waals surface area (Å²) in [7, 11) is 0. The van der Waals surface area contributed by atoms with Crippen LogP contribution in [0, 0.1) is 0 Å². The highest BCUT2D eigenvalue weighted by Crippen LogP contribution is 2.27. The van der Waals surface area contributed by atoms with Crippen molar-refractivity contribution in [1.82, 2.24) is 9.97 Å². The van der Waals surface area contributed by atoms with E-state index in [-0.39, 0.29) is 11.7 Å². The molecule has 24 heavy (non-hydrogen) atoms. The smallest absolute Gasteiger partial charge is 0.420 e. The van der Waals surface area contributed by atoms with Crippen LogP contribution in [0.1, 0.15) is 10.4 Å². The van der Waals surface area contributed by atoms with E-state index in [2.05, 4.69) is 47.6 Å². The third-order valence-corrected chi connectivity index (χ3v) is 3.77. The van der Waals surface area contributed by atoms with Gasteiger partial charge in [0.1, 0.15) is 11.3 Å². The van der Waals surface area contributed by atoms with Gasteiger partial charge in [-0.05, 0) is 52.3 Å². The number of benzene rings is 2. The summed E-state index contributed by atoms with van der Waals surface area (Å²) >= 11 is 8.04. The van der Waals surface area contributed by atoms with Crippen LogP contribution >= 0.6 is 27.5 Å². The molecule has 0 radical (unpaired) electrons. The number of alkyl halides is 3. The number of nitrogens with zero attached hydrogens (tertiary/aromatic N) is 1. The molecule has 0 unspecified atom stereocenters. The summed E-state index contributed by atoms with van der Waals surface area (Å²) < 4.78 is 30.0. The number of imidazole rings is 1. The third kappa shape index (κ3) is 3.82. The van der Waals surface area contributed by atoms with Crippen molar-refractivity contribution >= 4 is 50.2 Å². The van der Waals surface area contributed by atoms with E-state index in [4.69, 9.17) is 0 Å². The number of anilines is 1. The summed E-state index contributed by atoms with van der Waals surface area (Å²) in [5.74, 6) is -0.474. The van der Waals surface area contributed by atoms with Crippen molar-refractivity contribution in [2.75, 3.05) is 5.32 Å². The number of aromatic nitrogens is 2. The average Bonchev–Trinajstić information content (AvgIpc) is 2.97. The maximum atomic E-state index is 12.5. The van der Waals surface area contributed by atoms with Crippen molar-refractivity contribution in [2.45, 2.75) is 5.57 Å². The van der Waals surface area contributed by atoms with Crippen LogP contribution in [0.25, 0.3) is 11.0 Å². The minimum absolute atomic E-state index is 0.116. The number of amides is 1. The average molecular weight is 417 g/mol. The molecule has 0 saturated heterocycles. The molecule has 1 amide bonds. The molecule has 2 aromatic carbocycles. The second kappa shape index (κ2) is 6.37. The first-order valence-corrected chi connectivity index (χ1v) is 7.79. The van der Waals surface area contributed by atoms with Crippen LogP contribution in [0.5, 0.6) is 5.75 Å². The van der Waals surface area contributed by atoms with Crippen molar-refractivity contribution in [3.63, 3.8) is 0 Å². The summed E-state index contributed by atoms with van der Waals surface area (Å²) in [5, 5.41) is 2.66. The zero-order chi connectivity index (χ0) is 17.3. The summed E-state index contributed by atoms with van der Waals surface area (Å²) in [6.45, 7) is 0. The number of H-pyrrole nitrogens is 1. The summed E-state index contributed by atoms with van der Waals surface area (Å²) in [4.78, 5) is 19.4. The second-order valence-corrected chi connectivity index (χ2v) is 6.08. The van der Waals surface area contributed by atoms with Crippen molar-refractivity contribution < 1.29 is 18.3 Å². The van der Waals surface area contributed by atoms with Gasteiger partial charge in [-0.2, -0.15) is 0 Å². The van der Waals surface area contributed by atoms with Gasteiger partial charge in [-0.3, -0.25) is 4.79 Å². The Morgan fingerprint density at radius 2 is 2.00 bits per heavy atom. The van der Waals surface area contributed by atoms with E-state index < -0.39 is 5.57 Å². The number of halogens is 4. The molecular formula is C15H9BrClF2N3O2. The van der Waals surface area contributed by atoms with Crippen LogP contribution in [-0.4, -0.2) is 21.4 Å². The van der Waals surface area contributed by atoms with Crippen LogP contribution in [0.3, 0.4) is 0 Å². The molecule has 9 heteroatoms. The number of aromatic amines is 1. The predicted octanol–water partition coefficient (Wildman–Crippen LogP) is 4.75. The first kappa shape index (κ1) is 16.7. The number of hydrogen-bond donors (Lipinski definition) is 2. The number of ether oxygens (including phenoxy) is 1. The number of nitrogens with one attached hydrogen (secondary N) is 2. The molecule has 0 fully saturated rings. The number of carbonyl (C=O) groups is 1. The van der Waals surface area contributed by atoms with Gasteiger partial charge in [0.05, 0.1) is 11.8 Å². The molecule has 0 spiro atoms. The maximum absolute atomic E-state index is 12.5. The molecule has 0 aliphatic rings. The lowest BCUT2D eigenvalue weighted by Crippen LogP contribution is -2.15. The Balaban J connectivity index is 1.76. The van der Waals surface area contributed by atoms with Crippen LogP contribution in [0.2, 0.25) is 0 Å². The van der Waals surface area contributed by atoms with Crippen LogP contribution in [0.4, 0.5) is 14.5 Å². The summed E-state index contributed by atoms with van der Waals surface area (Å²) in [6, 6.07) is 8.72. The van der Waals surface area contributed by atoms with E-state index in [9.17, 15) is 13.6 Å². The Morgan fingerprint density at radius 3 is 2.67 bits per heavy atom. The number of carbonyl (C=O) groups excluding carboxylic acids is 1. The molecular weight excluding hydrogens is 408 g/mol. The largest absolute Gasteiger partial charge is 0.487 e. The number of fused-ring (bicyclic) bond motifs is 1. The quantitative estimate of drug-likeness (QED) is 0.603. The van der Waals surface area contributed by atoms with Crippen molar-refractivity contribution in [1.29, 1.82) is 0 Å². The van der Waals surface area contributed by atoms with Crippen LogP contribution < -0.4 is 10.1 Å². The van der Waals surface area contributed by atoms with Crippen LogP contribution in [-0.2, 0) is 0 Å². The van der Waals surface area contributed by atoms with Gasteiger partial charge in [-0.1, -0.05) is 0 Å². The molecule has 1 aromatic heterocycles. The molecule has 3 aromatic rings. The van der Waals surface area contributed by atoms with E-state index in [0.717, 1.165) is 5.52 Å². The zero-order valence-corrected chi connectivity index (χ0v) is 14.2. The molecule has 0 aliphatic heterocycles. The van der Waals surface area contributed by atoms with Crippen molar-refractivity contribution in [2.24, 2.45) is 0 Å². The van der Waals surface area contributed by atoms with E-state index in [1.54, 1.807) is 12.1 Å². The van der Waals surface area contributed by atoms with E-state index >= 15 is 0 Å². The van der Waals surface area contributed by atoms with E-state index in [0.29, 0.717) is 21.2 Å². The second-order valence-electron chi connectivity index (χ2n) is 4.78. The lowest BCUT2D eigenvalue weighted by molar-refractivity contribution is -0.0964. The van der Waals surface area contributed by atoms with Gasteiger partial charge in [0.2, 0.25) is 0 Å². The minimum Gasteiger partial charge on any atom is -0.420 e. The van der Waals surface area contributed by atoms with Gasteiger partial charge in [0.25, 0.3) is 5.91 Å². The Bertz CT molecular complexity index is 894. The Kier molecular flexibility index (Phi) is 4.42. The van der Waals surface area contributed by atoms with E-state index in [1.807, 2.05) is 0 Å². The molecule has 0 bridgehead atoms. The third-order valence-electron chi connectivity index (χ3n) is 3.09. The molecule has 0 saturated carbocycles. The van der Waals surface area contributed by atoms with Gasteiger partial charge in [-0.25, -0.2) is 4.98 Å². The molecule has 5 nitrogen and oxygen atoms in total. The Labute approximate surface area is 148 Å². The van der Waals surface area contributed by atoms with Gasteiger partial charge in [0.15, 0.2) is 0 Å². The van der Waals surface area contributed by atoms with Crippen molar-refractivity contribution in [3.05, 3.63) is 52.8 Å². The lowest BCUT2D eigenvalue weighted by atomic mass is 10.2. The number of rotatable bonds is 4. The lowest BCUT2D eigenvalue weighted by Gasteiger charge is -2.11. The van der Waals surface area contributed by atoms with Gasteiger partial charge in [-0.15, -0.1) is 8.78 Å². The summed E-state index contributed by atoms with van der Waals surface area (Å²) in [6.07, 6.45) is 1.53. The van der Waals surface area contributed by atoms with Gasteiger partial charge >= 0.3 is 5.57 Å². The fraction of sp³-hybridized carbons (Fsp3) is 0.0667. The molecule has 0 aliphatic carbocycles. The fourth-order valence-corrected chi connectivity index (χ4v) is 2.73. The van der Waals surface area contributed by atoms with Gasteiger partial charge in [0, 0.05) is 27.3 Å².